The Hall–Kier alpha value is -2.03. The summed E-state index contributed by atoms with van der Waals surface area (Å²) < 4.78 is 0. The van der Waals surface area contributed by atoms with Gasteiger partial charge in [-0.3, -0.25) is 0 Å². The summed E-state index contributed by atoms with van der Waals surface area (Å²) in [4.78, 5) is 11.0. The molecule has 0 saturated heterocycles. The fourth-order valence-electron chi connectivity index (χ4n) is 1.80. The van der Waals surface area contributed by atoms with Crippen molar-refractivity contribution in [3.05, 3.63) is 41.0 Å². The molecule has 0 atom stereocenters. The lowest BCUT2D eigenvalue weighted by molar-refractivity contribution is 0.0696. The maximum absolute atomic E-state index is 11.0. The molecular formula is C13H12O3. The van der Waals surface area contributed by atoms with Gasteiger partial charge in [-0.1, -0.05) is 6.07 Å². The summed E-state index contributed by atoms with van der Waals surface area (Å²) >= 11 is 0. The van der Waals surface area contributed by atoms with Crippen LogP contribution >= 0.6 is 0 Å². The van der Waals surface area contributed by atoms with E-state index in [0.29, 0.717) is 11.1 Å². The Morgan fingerprint density at radius 2 is 1.56 bits per heavy atom. The third-order valence-corrected chi connectivity index (χ3v) is 2.73. The summed E-state index contributed by atoms with van der Waals surface area (Å²) in [5.74, 6) is -0.694. The molecule has 0 aliphatic rings. The number of carboxylic acids is 1. The van der Waals surface area contributed by atoms with Gasteiger partial charge < -0.3 is 10.2 Å². The van der Waals surface area contributed by atoms with Gasteiger partial charge in [0.15, 0.2) is 0 Å². The number of hydrogen-bond donors (Lipinski definition) is 2. The number of aromatic hydroxyl groups is 1. The van der Waals surface area contributed by atoms with Crippen molar-refractivity contribution in [3.8, 4) is 5.75 Å². The van der Waals surface area contributed by atoms with Gasteiger partial charge in [0, 0.05) is 0 Å². The lowest BCUT2D eigenvalue weighted by Crippen LogP contribution is -1.99. The van der Waals surface area contributed by atoms with Gasteiger partial charge in [0.1, 0.15) is 5.75 Å². The van der Waals surface area contributed by atoms with Crippen molar-refractivity contribution in [1.29, 1.82) is 0 Å². The zero-order valence-corrected chi connectivity index (χ0v) is 9.11. The van der Waals surface area contributed by atoms with E-state index < -0.39 is 5.97 Å². The molecule has 0 radical (unpaired) electrons. The van der Waals surface area contributed by atoms with Gasteiger partial charge in [-0.05, 0) is 53.9 Å². The van der Waals surface area contributed by atoms with Crippen LogP contribution in [0, 0.1) is 13.8 Å². The molecule has 0 spiro atoms. The van der Waals surface area contributed by atoms with Crippen molar-refractivity contribution < 1.29 is 15.0 Å². The third kappa shape index (κ3) is 1.60. The number of hydrogen-bond acceptors (Lipinski definition) is 2. The molecule has 0 heterocycles. The molecule has 0 fully saturated rings. The van der Waals surface area contributed by atoms with Crippen molar-refractivity contribution >= 4 is 16.7 Å². The monoisotopic (exact) mass is 216 g/mol. The maximum Gasteiger partial charge on any atom is 0.335 e. The Labute approximate surface area is 93.0 Å². The zero-order chi connectivity index (χ0) is 11.9. The minimum Gasteiger partial charge on any atom is -0.508 e. The summed E-state index contributed by atoms with van der Waals surface area (Å²) in [5.41, 5.74) is 1.74. The van der Waals surface area contributed by atoms with E-state index in [9.17, 15) is 9.90 Å². The average Bonchev–Trinajstić information content (AvgIpc) is 2.19. The lowest BCUT2D eigenvalue weighted by Gasteiger charge is -2.06. The summed E-state index contributed by atoms with van der Waals surface area (Å²) in [7, 11) is 0. The molecule has 2 aromatic rings. The predicted octanol–water partition coefficient (Wildman–Crippen LogP) is 2.86. The molecule has 3 nitrogen and oxygen atoms in total. The smallest absolute Gasteiger partial charge is 0.335 e. The molecule has 0 bridgehead atoms. The molecule has 0 aliphatic carbocycles. The van der Waals surface area contributed by atoms with Crippen LogP contribution in [0.4, 0.5) is 0 Å². The predicted molar refractivity (Wildman–Crippen MR) is 62.0 cm³/mol. The average molecular weight is 216 g/mol. The molecule has 0 aliphatic heterocycles. The Kier molecular flexibility index (Phi) is 2.31. The van der Waals surface area contributed by atoms with Crippen molar-refractivity contribution in [3.63, 3.8) is 0 Å². The quantitative estimate of drug-likeness (QED) is 0.770. The molecular weight excluding hydrogens is 204 g/mol. The summed E-state index contributed by atoms with van der Waals surface area (Å²) in [5, 5.41) is 20.3. The van der Waals surface area contributed by atoms with Gasteiger partial charge in [0.2, 0.25) is 0 Å². The first-order valence-corrected chi connectivity index (χ1v) is 4.96. The van der Waals surface area contributed by atoms with E-state index in [1.54, 1.807) is 38.1 Å². The van der Waals surface area contributed by atoms with Gasteiger partial charge in [0.25, 0.3) is 0 Å². The second-order valence-corrected chi connectivity index (χ2v) is 3.96. The number of carbonyl (C=O) groups is 1. The molecule has 0 unspecified atom stereocenters. The van der Waals surface area contributed by atoms with Crippen LogP contribution in [0.5, 0.6) is 5.75 Å². The number of aromatic carboxylic acids is 1. The van der Waals surface area contributed by atoms with Gasteiger partial charge in [-0.15, -0.1) is 0 Å². The summed E-state index contributed by atoms with van der Waals surface area (Å²) in [6.07, 6.45) is 0. The highest BCUT2D eigenvalue weighted by Crippen LogP contribution is 2.26. The molecule has 82 valence electrons. The second kappa shape index (κ2) is 3.52. The number of rotatable bonds is 1. The number of carboxylic acid groups (broad SMARTS) is 1. The van der Waals surface area contributed by atoms with Crippen molar-refractivity contribution in [2.45, 2.75) is 13.8 Å². The second-order valence-electron chi connectivity index (χ2n) is 3.96. The fraction of sp³-hybridized carbons (Fsp3) is 0.154. The maximum atomic E-state index is 11.0. The highest BCUT2D eigenvalue weighted by molar-refractivity contribution is 5.96. The molecule has 2 aromatic carbocycles. The molecule has 16 heavy (non-hydrogen) atoms. The van der Waals surface area contributed by atoms with Gasteiger partial charge in [-0.25, -0.2) is 4.79 Å². The Morgan fingerprint density at radius 3 is 2.19 bits per heavy atom. The van der Waals surface area contributed by atoms with E-state index in [1.807, 2.05) is 0 Å². The van der Waals surface area contributed by atoms with E-state index in [2.05, 4.69) is 0 Å². The van der Waals surface area contributed by atoms with Crippen LogP contribution in [-0.4, -0.2) is 16.2 Å². The van der Waals surface area contributed by atoms with E-state index in [0.717, 1.165) is 16.3 Å². The van der Waals surface area contributed by atoms with E-state index in [4.69, 9.17) is 5.11 Å². The number of aryl methyl sites for hydroxylation is 2. The number of fused-ring (bicyclic) bond motifs is 1. The molecule has 0 amide bonds. The molecule has 2 rings (SSSR count). The largest absolute Gasteiger partial charge is 0.508 e. The first kappa shape index (κ1) is 10.5. The van der Waals surface area contributed by atoms with E-state index in [1.165, 1.54) is 0 Å². The molecule has 0 saturated carbocycles. The Bertz CT molecular complexity index is 585. The number of phenolic OH excluding ortho intramolecular Hbond substituents is 1. The number of phenols is 1. The molecule has 0 aromatic heterocycles. The summed E-state index contributed by atoms with van der Waals surface area (Å²) in [6, 6.07) is 6.86. The van der Waals surface area contributed by atoms with Crippen LogP contribution in [0.2, 0.25) is 0 Å². The van der Waals surface area contributed by atoms with Crippen LogP contribution in [0.25, 0.3) is 10.8 Å². The minimum absolute atomic E-state index is 0.231. The third-order valence-electron chi connectivity index (χ3n) is 2.73. The van der Waals surface area contributed by atoms with Crippen molar-refractivity contribution in [1.82, 2.24) is 0 Å². The van der Waals surface area contributed by atoms with Crippen LogP contribution in [0.1, 0.15) is 21.5 Å². The zero-order valence-electron chi connectivity index (χ0n) is 9.11. The normalized spacial score (nSPS) is 10.6. The van der Waals surface area contributed by atoms with Gasteiger partial charge >= 0.3 is 5.97 Å². The minimum atomic E-state index is -0.926. The van der Waals surface area contributed by atoms with Crippen LogP contribution < -0.4 is 0 Å². The first-order valence-electron chi connectivity index (χ1n) is 4.96. The molecule has 2 N–H and O–H groups in total. The summed E-state index contributed by atoms with van der Waals surface area (Å²) in [6.45, 7) is 3.54. The van der Waals surface area contributed by atoms with E-state index >= 15 is 0 Å². The van der Waals surface area contributed by atoms with Crippen molar-refractivity contribution in [2.75, 3.05) is 0 Å². The highest BCUT2D eigenvalue weighted by Gasteiger charge is 2.09. The van der Waals surface area contributed by atoms with Crippen LogP contribution in [0.3, 0.4) is 0 Å². The topological polar surface area (TPSA) is 57.5 Å². The van der Waals surface area contributed by atoms with Crippen LogP contribution in [0.15, 0.2) is 24.3 Å². The van der Waals surface area contributed by atoms with Crippen molar-refractivity contribution in [2.24, 2.45) is 0 Å². The molecule has 3 heteroatoms. The van der Waals surface area contributed by atoms with E-state index in [-0.39, 0.29) is 5.75 Å². The van der Waals surface area contributed by atoms with Crippen LogP contribution in [-0.2, 0) is 0 Å². The Balaban J connectivity index is 2.79. The standard InChI is InChI=1S/C13H12O3/c1-7-3-10-6-12(14)8(2)4-9(10)5-11(7)13(15)16/h3-6,14H,1-2H3,(H,15,16). The van der Waals surface area contributed by atoms with Gasteiger partial charge in [-0.2, -0.15) is 0 Å². The number of benzene rings is 2. The Morgan fingerprint density at radius 1 is 1.00 bits per heavy atom. The first-order chi connectivity index (χ1) is 7.49. The fourth-order valence-corrected chi connectivity index (χ4v) is 1.80. The SMILES string of the molecule is Cc1cc2cc(C(=O)O)c(C)cc2cc1O. The van der Waals surface area contributed by atoms with Gasteiger partial charge in [0.05, 0.1) is 5.56 Å². The highest BCUT2D eigenvalue weighted by atomic mass is 16.4. The lowest BCUT2D eigenvalue weighted by atomic mass is 10.00.